The summed E-state index contributed by atoms with van der Waals surface area (Å²) in [6, 6.07) is 2.25. The molecule has 1 aliphatic heterocycles. The topological polar surface area (TPSA) is 108 Å². The molecule has 5 heterocycles. The molecule has 0 bridgehead atoms. The molecule has 0 unspecified atom stereocenters. The van der Waals surface area contributed by atoms with E-state index in [1.807, 2.05) is 0 Å². The first kappa shape index (κ1) is 18.9. The van der Waals surface area contributed by atoms with Crippen molar-refractivity contribution < 1.29 is 4.74 Å². The van der Waals surface area contributed by atoms with Crippen LogP contribution in [0.5, 0.6) is 0 Å². The molecular weight excluding hydrogens is 400 g/mol. The molecule has 2 N–H and O–H groups in total. The Morgan fingerprint density at radius 2 is 1.83 bits per heavy atom. The Balaban J connectivity index is 1.79. The van der Waals surface area contributed by atoms with Crippen LogP contribution in [-0.4, -0.2) is 55.8 Å². The summed E-state index contributed by atoms with van der Waals surface area (Å²) >= 11 is 1.65. The van der Waals surface area contributed by atoms with Crippen LogP contribution in [0.4, 0.5) is 11.9 Å². The van der Waals surface area contributed by atoms with Gasteiger partial charge in [0, 0.05) is 48.0 Å². The number of thiophene rings is 1. The van der Waals surface area contributed by atoms with E-state index in [0.717, 1.165) is 41.2 Å². The van der Waals surface area contributed by atoms with Crippen LogP contribution in [0.2, 0.25) is 0 Å². The van der Waals surface area contributed by atoms with Crippen LogP contribution in [0, 0.1) is 0 Å². The molecule has 4 aromatic rings. The van der Waals surface area contributed by atoms with Crippen molar-refractivity contribution in [3.05, 3.63) is 29.2 Å². The van der Waals surface area contributed by atoms with Gasteiger partial charge in [-0.2, -0.15) is 16.3 Å². The van der Waals surface area contributed by atoms with E-state index in [9.17, 15) is 0 Å². The number of imidazole rings is 1. The van der Waals surface area contributed by atoms with Crippen molar-refractivity contribution in [2.24, 2.45) is 0 Å². The smallest absolute Gasteiger partial charge is 0.228 e. The zero-order valence-corrected chi connectivity index (χ0v) is 17.6. The van der Waals surface area contributed by atoms with Gasteiger partial charge in [-0.3, -0.25) is 0 Å². The van der Waals surface area contributed by atoms with Crippen molar-refractivity contribution in [1.29, 1.82) is 0 Å². The summed E-state index contributed by atoms with van der Waals surface area (Å²) in [4.78, 5) is 25.3. The molecule has 5 rings (SSSR count). The van der Waals surface area contributed by atoms with E-state index in [1.165, 1.54) is 0 Å². The first-order valence-electron chi connectivity index (χ1n) is 9.85. The summed E-state index contributed by atoms with van der Waals surface area (Å²) < 4.78 is 7.68. The Kier molecular flexibility index (Phi) is 4.80. The Morgan fingerprint density at radius 3 is 2.50 bits per heavy atom. The molecule has 30 heavy (non-hydrogen) atoms. The minimum atomic E-state index is 0.174. The van der Waals surface area contributed by atoms with Gasteiger partial charge in [-0.15, -0.1) is 0 Å². The number of ether oxygens (including phenoxy) is 1. The van der Waals surface area contributed by atoms with Crippen LogP contribution in [-0.2, 0) is 4.74 Å². The van der Waals surface area contributed by atoms with E-state index >= 15 is 0 Å². The molecule has 0 aliphatic carbocycles. The molecule has 154 valence electrons. The molecule has 1 aliphatic rings. The van der Waals surface area contributed by atoms with Crippen molar-refractivity contribution in [2.75, 3.05) is 36.9 Å². The summed E-state index contributed by atoms with van der Waals surface area (Å²) in [6.07, 6.45) is 3.37. The quantitative estimate of drug-likeness (QED) is 0.535. The summed E-state index contributed by atoms with van der Waals surface area (Å²) in [6.45, 7) is 7.09. The second-order valence-electron chi connectivity index (χ2n) is 7.38. The first-order valence-corrected chi connectivity index (χ1v) is 10.8. The van der Waals surface area contributed by atoms with Crippen LogP contribution < -0.4 is 10.6 Å². The van der Waals surface area contributed by atoms with Crippen molar-refractivity contribution in [1.82, 2.24) is 29.5 Å². The zero-order valence-electron chi connectivity index (χ0n) is 16.8. The largest absolute Gasteiger partial charge is 0.378 e. The third-order valence-corrected chi connectivity index (χ3v) is 5.75. The number of fused-ring (bicyclic) bond motifs is 1. The Morgan fingerprint density at radius 1 is 1.07 bits per heavy atom. The number of nitrogen functional groups attached to an aromatic ring is 1. The van der Waals surface area contributed by atoms with Gasteiger partial charge < -0.3 is 19.9 Å². The highest BCUT2D eigenvalue weighted by molar-refractivity contribution is 7.08. The van der Waals surface area contributed by atoms with Gasteiger partial charge in [-0.05, 0) is 25.3 Å². The van der Waals surface area contributed by atoms with Gasteiger partial charge in [0.2, 0.25) is 11.9 Å². The van der Waals surface area contributed by atoms with Gasteiger partial charge in [0.15, 0.2) is 5.65 Å². The second-order valence-corrected chi connectivity index (χ2v) is 8.17. The minimum absolute atomic E-state index is 0.174. The highest BCUT2D eigenvalue weighted by Crippen LogP contribution is 2.34. The lowest BCUT2D eigenvalue weighted by Gasteiger charge is -2.27. The summed E-state index contributed by atoms with van der Waals surface area (Å²) in [5.74, 6) is 1.77. The number of nitrogens with zero attached hydrogens (tertiary/aromatic N) is 7. The van der Waals surface area contributed by atoms with E-state index in [2.05, 4.69) is 50.1 Å². The highest BCUT2D eigenvalue weighted by Gasteiger charge is 2.24. The number of hydrogen-bond donors (Lipinski definition) is 1. The fourth-order valence-corrected chi connectivity index (χ4v) is 4.25. The predicted molar refractivity (Wildman–Crippen MR) is 117 cm³/mol. The van der Waals surface area contributed by atoms with Crippen molar-refractivity contribution >= 4 is 34.4 Å². The van der Waals surface area contributed by atoms with Gasteiger partial charge >= 0.3 is 0 Å². The fraction of sp³-hybridized carbons (Fsp3) is 0.350. The van der Waals surface area contributed by atoms with Crippen LogP contribution >= 0.6 is 11.3 Å². The molecule has 0 atom stereocenters. The molecule has 1 saturated heterocycles. The third kappa shape index (κ3) is 3.27. The van der Waals surface area contributed by atoms with Gasteiger partial charge in [0.1, 0.15) is 17.0 Å². The average molecular weight is 423 g/mol. The predicted octanol–water partition coefficient (Wildman–Crippen LogP) is 3.01. The van der Waals surface area contributed by atoms with E-state index in [4.69, 9.17) is 25.4 Å². The molecule has 0 radical (unpaired) electrons. The van der Waals surface area contributed by atoms with E-state index < -0.39 is 0 Å². The van der Waals surface area contributed by atoms with Gasteiger partial charge in [-0.25, -0.2) is 19.9 Å². The lowest BCUT2D eigenvalue weighted by molar-refractivity contribution is 0.122. The zero-order chi connectivity index (χ0) is 20.7. The molecule has 1 fully saturated rings. The Labute approximate surface area is 177 Å². The van der Waals surface area contributed by atoms with Crippen molar-refractivity contribution in [3.63, 3.8) is 0 Å². The fourth-order valence-electron chi connectivity index (χ4n) is 3.61. The molecule has 4 aromatic heterocycles. The average Bonchev–Trinajstić information content (AvgIpc) is 3.42. The van der Waals surface area contributed by atoms with E-state index in [0.29, 0.717) is 24.9 Å². The maximum Gasteiger partial charge on any atom is 0.228 e. The molecule has 0 saturated carbocycles. The molecule has 0 amide bonds. The van der Waals surface area contributed by atoms with E-state index in [1.54, 1.807) is 23.7 Å². The Bertz CT molecular complexity index is 1160. The van der Waals surface area contributed by atoms with Crippen LogP contribution in [0.3, 0.4) is 0 Å². The first-order chi connectivity index (χ1) is 14.6. The number of morpholine rings is 1. The van der Waals surface area contributed by atoms with Crippen LogP contribution in [0.15, 0.2) is 29.2 Å². The monoisotopic (exact) mass is 422 g/mol. The molecule has 10 heteroatoms. The molecular formula is C20H22N8OS. The lowest BCUT2D eigenvalue weighted by atomic mass is 10.2. The SMILES string of the molecule is CC(C)n1c(-c2ccsc2)nc2c(-c3cnc(N)nc3)nc(N3CCOCC3)nc21. The number of nitrogens with two attached hydrogens (primary N) is 1. The van der Waals surface area contributed by atoms with Crippen LogP contribution in [0.25, 0.3) is 33.8 Å². The summed E-state index contributed by atoms with van der Waals surface area (Å²) in [5, 5.41) is 4.15. The number of aromatic nitrogens is 6. The summed E-state index contributed by atoms with van der Waals surface area (Å²) in [5.41, 5.74) is 9.77. The van der Waals surface area contributed by atoms with Crippen LogP contribution in [0.1, 0.15) is 19.9 Å². The van der Waals surface area contributed by atoms with Gasteiger partial charge in [0.05, 0.1) is 13.2 Å². The number of rotatable bonds is 4. The second kappa shape index (κ2) is 7.62. The third-order valence-electron chi connectivity index (χ3n) is 5.06. The standard InChI is InChI=1S/C20H22N8OS/c1-12(2)28-17(13-3-8-30-11-13)24-16-15(14-9-22-19(21)23-10-14)25-20(26-18(16)28)27-4-6-29-7-5-27/h3,8-12H,4-7H2,1-2H3,(H2,21,22,23). The maximum absolute atomic E-state index is 5.70. The summed E-state index contributed by atoms with van der Waals surface area (Å²) in [7, 11) is 0. The van der Waals surface area contributed by atoms with E-state index in [-0.39, 0.29) is 12.0 Å². The lowest BCUT2D eigenvalue weighted by Crippen LogP contribution is -2.37. The number of anilines is 2. The van der Waals surface area contributed by atoms with Gasteiger partial charge in [-0.1, -0.05) is 0 Å². The molecule has 0 spiro atoms. The van der Waals surface area contributed by atoms with Gasteiger partial charge in [0.25, 0.3) is 0 Å². The minimum Gasteiger partial charge on any atom is -0.378 e. The van der Waals surface area contributed by atoms with Crippen molar-refractivity contribution in [3.8, 4) is 22.6 Å². The molecule has 9 nitrogen and oxygen atoms in total. The molecule has 0 aromatic carbocycles. The maximum atomic E-state index is 5.70. The Hall–Kier alpha value is -3.11. The number of hydrogen-bond acceptors (Lipinski definition) is 9. The highest BCUT2D eigenvalue weighted by atomic mass is 32.1. The normalized spacial score (nSPS) is 14.7. The van der Waals surface area contributed by atoms with Crippen molar-refractivity contribution in [2.45, 2.75) is 19.9 Å².